The Morgan fingerprint density at radius 2 is 2.00 bits per heavy atom. The lowest BCUT2D eigenvalue weighted by atomic mass is 10.3. The van der Waals surface area contributed by atoms with E-state index in [1.807, 2.05) is 13.0 Å². The third-order valence-electron chi connectivity index (χ3n) is 1.74. The van der Waals surface area contributed by atoms with E-state index in [9.17, 15) is 0 Å². The second kappa shape index (κ2) is 1.65. The van der Waals surface area contributed by atoms with Crippen molar-refractivity contribution in [3.63, 3.8) is 0 Å². The third kappa shape index (κ3) is 0.672. The first-order chi connectivity index (χ1) is 3.60. The summed E-state index contributed by atoms with van der Waals surface area (Å²) in [5, 5.41) is 0. The Morgan fingerprint density at radius 3 is 2.00 bits per heavy atom. The summed E-state index contributed by atoms with van der Waals surface area (Å²) in [5.41, 5.74) is 0. The molecule has 0 aromatic carbocycles. The SMILES string of the molecule is C=CC1C(C)C1(Cl)Cl. The molecule has 1 aliphatic rings. The number of hydrogen-bond donors (Lipinski definition) is 0. The number of alkyl halides is 2. The minimum Gasteiger partial charge on any atom is -0.103 e. The van der Waals surface area contributed by atoms with Gasteiger partial charge in [0.1, 0.15) is 4.33 Å². The number of rotatable bonds is 1. The van der Waals surface area contributed by atoms with E-state index in [1.165, 1.54) is 0 Å². The summed E-state index contributed by atoms with van der Waals surface area (Å²) < 4.78 is -0.498. The van der Waals surface area contributed by atoms with Crippen LogP contribution in [0.15, 0.2) is 12.7 Å². The second-order valence-electron chi connectivity index (χ2n) is 2.22. The molecule has 0 nitrogen and oxygen atoms in total. The van der Waals surface area contributed by atoms with Gasteiger partial charge in [0.25, 0.3) is 0 Å². The maximum absolute atomic E-state index is 5.75. The van der Waals surface area contributed by atoms with Crippen molar-refractivity contribution >= 4 is 23.2 Å². The van der Waals surface area contributed by atoms with Gasteiger partial charge in [0.2, 0.25) is 0 Å². The van der Waals surface area contributed by atoms with Gasteiger partial charge in [-0.2, -0.15) is 0 Å². The van der Waals surface area contributed by atoms with Crippen LogP contribution in [0.4, 0.5) is 0 Å². The Bertz CT molecular complexity index is 118. The molecule has 0 aliphatic heterocycles. The van der Waals surface area contributed by atoms with E-state index >= 15 is 0 Å². The largest absolute Gasteiger partial charge is 0.128 e. The highest BCUT2D eigenvalue weighted by Gasteiger charge is 2.58. The van der Waals surface area contributed by atoms with Crippen molar-refractivity contribution in [1.82, 2.24) is 0 Å². The Morgan fingerprint density at radius 1 is 1.62 bits per heavy atom. The van der Waals surface area contributed by atoms with E-state index in [4.69, 9.17) is 23.2 Å². The summed E-state index contributed by atoms with van der Waals surface area (Å²) in [7, 11) is 0. The molecule has 1 rings (SSSR count). The monoisotopic (exact) mass is 150 g/mol. The standard InChI is InChI=1S/C6H8Cl2/c1-3-5-4(2)6(5,7)8/h3-5H,1H2,2H3. The van der Waals surface area contributed by atoms with Crippen molar-refractivity contribution in [3.8, 4) is 0 Å². The molecule has 46 valence electrons. The van der Waals surface area contributed by atoms with Gasteiger partial charge >= 0.3 is 0 Å². The lowest BCUT2D eigenvalue weighted by Crippen LogP contribution is -1.85. The smallest absolute Gasteiger partial charge is 0.103 e. The summed E-state index contributed by atoms with van der Waals surface area (Å²) in [5.74, 6) is 0.703. The molecule has 0 N–H and O–H groups in total. The van der Waals surface area contributed by atoms with Gasteiger partial charge in [-0.1, -0.05) is 13.0 Å². The lowest BCUT2D eigenvalue weighted by molar-refractivity contribution is 0.898. The van der Waals surface area contributed by atoms with Crippen LogP contribution in [0.2, 0.25) is 0 Å². The molecule has 0 bridgehead atoms. The quantitative estimate of drug-likeness (QED) is 0.399. The first-order valence-corrected chi connectivity index (χ1v) is 3.36. The van der Waals surface area contributed by atoms with E-state index in [-0.39, 0.29) is 0 Å². The number of halogens is 2. The van der Waals surface area contributed by atoms with Gasteiger partial charge in [0.05, 0.1) is 0 Å². The molecule has 2 heteroatoms. The topological polar surface area (TPSA) is 0 Å². The van der Waals surface area contributed by atoms with Crippen LogP contribution in [0.25, 0.3) is 0 Å². The lowest BCUT2D eigenvalue weighted by Gasteiger charge is -1.88. The Balaban J connectivity index is 2.57. The summed E-state index contributed by atoms with van der Waals surface area (Å²) in [4.78, 5) is 0. The van der Waals surface area contributed by atoms with Crippen LogP contribution in [0.3, 0.4) is 0 Å². The molecule has 2 atom stereocenters. The van der Waals surface area contributed by atoms with Crippen LogP contribution in [0.5, 0.6) is 0 Å². The van der Waals surface area contributed by atoms with Crippen LogP contribution in [0.1, 0.15) is 6.92 Å². The predicted molar refractivity (Wildman–Crippen MR) is 37.3 cm³/mol. The molecule has 0 saturated heterocycles. The van der Waals surface area contributed by atoms with Gasteiger partial charge in [-0.05, 0) is 5.92 Å². The van der Waals surface area contributed by atoms with Crippen molar-refractivity contribution in [2.45, 2.75) is 11.3 Å². The zero-order valence-corrected chi connectivity index (χ0v) is 6.21. The number of hydrogen-bond acceptors (Lipinski definition) is 0. The Hall–Kier alpha value is 0.320. The van der Waals surface area contributed by atoms with Crippen LogP contribution in [0, 0.1) is 11.8 Å². The summed E-state index contributed by atoms with van der Waals surface area (Å²) in [6.45, 7) is 5.62. The molecule has 0 amide bonds. The highest BCUT2D eigenvalue weighted by Crippen LogP contribution is 2.59. The van der Waals surface area contributed by atoms with Crippen molar-refractivity contribution in [3.05, 3.63) is 12.7 Å². The molecule has 0 radical (unpaired) electrons. The molecule has 0 aromatic rings. The first-order valence-electron chi connectivity index (χ1n) is 2.61. The first kappa shape index (κ1) is 6.44. The zero-order valence-electron chi connectivity index (χ0n) is 4.70. The van der Waals surface area contributed by atoms with Gasteiger partial charge in [-0.3, -0.25) is 0 Å². The minimum atomic E-state index is -0.498. The van der Waals surface area contributed by atoms with Crippen LogP contribution in [-0.4, -0.2) is 4.33 Å². The Kier molecular flexibility index (Phi) is 1.33. The normalized spacial score (nSPS) is 41.4. The van der Waals surface area contributed by atoms with Crippen molar-refractivity contribution in [2.75, 3.05) is 0 Å². The fourth-order valence-electron chi connectivity index (χ4n) is 0.871. The van der Waals surface area contributed by atoms with Gasteiger partial charge < -0.3 is 0 Å². The van der Waals surface area contributed by atoms with E-state index in [0.717, 1.165) is 0 Å². The number of allylic oxidation sites excluding steroid dienone is 1. The van der Waals surface area contributed by atoms with E-state index in [1.54, 1.807) is 0 Å². The zero-order chi connectivity index (χ0) is 6.36. The minimum absolute atomic E-state index is 0.311. The fraction of sp³-hybridized carbons (Fsp3) is 0.667. The van der Waals surface area contributed by atoms with E-state index in [0.29, 0.717) is 11.8 Å². The highest BCUT2D eigenvalue weighted by atomic mass is 35.5. The van der Waals surface area contributed by atoms with Gasteiger partial charge in [-0.15, -0.1) is 29.8 Å². The molecule has 0 aromatic heterocycles. The van der Waals surface area contributed by atoms with Crippen LogP contribution in [-0.2, 0) is 0 Å². The van der Waals surface area contributed by atoms with Gasteiger partial charge in [0, 0.05) is 5.92 Å². The summed E-state index contributed by atoms with van der Waals surface area (Å²) in [6, 6.07) is 0. The van der Waals surface area contributed by atoms with Crippen LogP contribution >= 0.6 is 23.2 Å². The van der Waals surface area contributed by atoms with Crippen molar-refractivity contribution in [1.29, 1.82) is 0 Å². The second-order valence-corrected chi connectivity index (χ2v) is 3.67. The molecule has 1 fully saturated rings. The average molecular weight is 151 g/mol. The fourth-order valence-corrected chi connectivity index (χ4v) is 1.57. The maximum atomic E-state index is 5.75. The molecule has 1 saturated carbocycles. The third-order valence-corrected chi connectivity index (χ3v) is 2.93. The summed E-state index contributed by atoms with van der Waals surface area (Å²) >= 11 is 11.5. The molecule has 2 unspecified atom stereocenters. The maximum Gasteiger partial charge on any atom is 0.128 e. The van der Waals surface area contributed by atoms with Crippen LogP contribution < -0.4 is 0 Å². The molecule has 8 heavy (non-hydrogen) atoms. The Labute approximate surface area is 59.5 Å². The average Bonchev–Trinajstić information content (AvgIpc) is 2.09. The molecule has 0 spiro atoms. The van der Waals surface area contributed by atoms with Gasteiger partial charge in [0.15, 0.2) is 0 Å². The molecule has 1 aliphatic carbocycles. The van der Waals surface area contributed by atoms with Crippen molar-refractivity contribution in [2.24, 2.45) is 11.8 Å². The molecular weight excluding hydrogens is 143 g/mol. The summed E-state index contributed by atoms with van der Waals surface area (Å²) in [6.07, 6.45) is 1.81. The van der Waals surface area contributed by atoms with Gasteiger partial charge in [-0.25, -0.2) is 0 Å². The predicted octanol–water partition coefficient (Wildman–Crippen LogP) is 2.61. The van der Waals surface area contributed by atoms with Crippen molar-refractivity contribution < 1.29 is 0 Å². The molecule has 0 heterocycles. The highest BCUT2D eigenvalue weighted by molar-refractivity contribution is 6.51. The molecular formula is C6H8Cl2. The van der Waals surface area contributed by atoms with E-state index in [2.05, 4.69) is 6.58 Å². The van der Waals surface area contributed by atoms with E-state index < -0.39 is 4.33 Å².